The molecular formula is C24H21FN6. The van der Waals surface area contributed by atoms with Crippen molar-refractivity contribution in [3.63, 3.8) is 0 Å². The molecule has 4 aromatic rings. The van der Waals surface area contributed by atoms with E-state index >= 15 is 0 Å². The summed E-state index contributed by atoms with van der Waals surface area (Å²) in [6.45, 7) is 3.37. The molecule has 0 amide bonds. The van der Waals surface area contributed by atoms with Gasteiger partial charge in [-0.05, 0) is 48.5 Å². The van der Waals surface area contributed by atoms with Gasteiger partial charge in [-0.3, -0.25) is 4.98 Å². The lowest BCUT2D eigenvalue weighted by molar-refractivity contribution is 0.628. The van der Waals surface area contributed by atoms with Crippen LogP contribution in [-0.2, 0) is 0 Å². The first-order valence-electron chi connectivity index (χ1n) is 10.2. The maximum absolute atomic E-state index is 13.4. The minimum atomic E-state index is -0.266. The minimum Gasteiger partial charge on any atom is -0.353 e. The monoisotopic (exact) mass is 412 g/mol. The molecule has 0 unspecified atom stereocenters. The molecule has 1 aromatic carbocycles. The van der Waals surface area contributed by atoms with Crippen molar-refractivity contribution in [1.82, 2.24) is 19.9 Å². The van der Waals surface area contributed by atoms with Crippen LogP contribution < -0.4 is 9.80 Å². The van der Waals surface area contributed by atoms with Crippen LogP contribution in [0, 0.1) is 5.82 Å². The van der Waals surface area contributed by atoms with Crippen LogP contribution in [0.25, 0.3) is 22.6 Å². The van der Waals surface area contributed by atoms with Crippen molar-refractivity contribution in [2.75, 3.05) is 36.0 Å². The topological polar surface area (TPSA) is 58.0 Å². The summed E-state index contributed by atoms with van der Waals surface area (Å²) in [5, 5.41) is 0. The number of benzene rings is 1. The van der Waals surface area contributed by atoms with Gasteiger partial charge in [0, 0.05) is 62.0 Å². The Kier molecular flexibility index (Phi) is 5.22. The zero-order valence-corrected chi connectivity index (χ0v) is 16.9. The van der Waals surface area contributed by atoms with Crippen molar-refractivity contribution in [3.8, 4) is 22.6 Å². The lowest BCUT2D eigenvalue weighted by Gasteiger charge is -2.36. The molecule has 6 nitrogen and oxygen atoms in total. The first-order chi connectivity index (χ1) is 15.3. The molecule has 0 N–H and O–H groups in total. The van der Waals surface area contributed by atoms with Crippen molar-refractivity contribution in [2.24, 2.45) is 0 Å². The van der Waals surface area contributed by atoms with Crippen molar-refractivity contribution >= 4 is 11.6 Å². The second-order valence-electron chi connectivity index (χ2n) is 7.34. The van der Waals surface area contributed by atoms with E-state index in [0.29, 0.717) is 5.82 Å². The Bertz CT molecular complexity index is 1140. The van der Waals surface area contributed by atoms with Gasteiger partial charge in [0.25, 0.3) is 0 Å². The minimum absolute atomic E-state index is 0.266. The normalized spacial score (nSPS) is 14.0. The molecule has 7 heteroatoms. The average Bonchev–Trinajstić information content (AvgIpc) is 2.85. The zero-order valence-electron chi connectivity index (χ0n) is 16.9. The fourth-order valence-corrected chi connectivity index (χ4v) is 3.70. The summed E-state index contributed by atoms with van der Waals surface area (Å²) in [7, 11) is 0. The van der Waals surface area contributed by atoms with E-state index in [2.05, 4.69) is 19.8 Å². The number of anilines is 2. The summed E-state index contributed by atoms with van der Waals surface area (Å²) in [6.07, 6.45) is 5.28. The molecule has 5 rings (SSSR count). The molecule has 0 saturated carbocycles. The van der Waals surface area contributed by atoms with Gasteiger partial charge >= 0.3 is 0 Å². The molecule has 3 aromatic heterocycles. The van der Waals surface area contributed by atoms with Crippen molar-refractivity contribution in [2.45, 2.75) is 0 Å². The fourth-order valence-electron chi connectivity index (χ4n) is 3.70. The van der Waals surface area contributed by atoms with Gasteiger partial charge < -0.3 is 9.80 Å². The van der Waals surface area contributed by atoms with E-state index in [4.69, 9.17) is 9.97 Å². The molecule has 0 bridgehead atoms. The largest absolute Gasteiger partial charge is 0.353 e. The smallest absolute Gasteiger partial charge is 0.162 e. The van der Waals surface area contributed by atoms with Gasteiger partial charge in [-0.15, -0.1) is 0 Å². The van der Waals surface area contributed by atoms with Gasteiger partial charge in [-0.25, -0.2) is 19.3 Å². The Morgan fingerprint density at radius 2 is 1.39 bits per heavy atom. The maximum atomic E-state index is 13.4. The van der Waals surface area contributed by atoms with Crippen LogP contribution in [0.3, 0.4) is 0 Å². The van der Waals surface area contributed by atoms with E-state index < -0.39 is 0 Å². The van der Waals surface area contributed by atoms with E-state index in [1.54, 1.807) is 24.5 Å². The summed E-state index contributed by atoms with van der Waals surface area (Å²) in [5.41, 5.74) is 2.52. The van der Waals surface area contributed by atoms with Gasteiger partial charge in [-0.2, -0.15) is 0 Å². The summed E-state index contributed by atoms with van der Waals surface area (Å²) in [5.74, 6) is 2.22. The van der Waals surface area contributed by atoms with Crippen LogP contribution in [0.2, 0.25) is 0 Å². The molecule has 0 aliphatic carbocycles. The third kappa shape index (κ3) is 4.21. The van der Waals surface area contributed by atoms with Gasteiger partial charge in [0.05, 0.1) is 5.69 Å². The van der Waals surface area contributed by atoms with Crippen LogP contribution in [0.4, 0.5) is 16.0 Å². The van der Waals surface area contributed by atoms with Crippen LogP contribution in [0.1, 0.15) is 0 Å². The molecule has 154 valence electrons. The standard InChI is InChI=1S/C24H21FN6/c25-20-6-4-18(5-7-20)21-17-23(29-24(28-21)19-8-11-26-12-9-19)31-15-13-30(14-16-31)22-3-1-2-10-27-22/h1-12,17H,13-16H2. The Hall–Kier alpha value is -3.87. The number of aromatic nitrogens is 4. The highest BCUT2D eigenvalue weighted by atomic mass is 19.1. The quantitative estimate of drug-likeness (QED) is 0.504. The van der Waals surface area contributed by atoms with Gasteiger partial charge in [0.2, 0.25) is 0 Å². The van der Waals surface area contributed by atoms with Gasteiger partial charge in [0.15, 0.2) is 5.82 Å². The molecule has 1 aliphatic rings. The Morgan fingerprint density at radius 3 is 2.06 bits per heavy atom. The molecule has 0 radical (unpaired) electrons. The predicted molar refractivity (Wildman–Crippen MR) is 119 cm³/mol. The summed E-state index contributed by atoms with van der Waals surface area (Å²) in [6, 6.07) is 18.1. The lowest BCUT2D eigenvalue weighted by atomic mass is 10.1. The van der Waals surface area contributed by atoms with Crippen LogP contribution in [0.5, 0.6) is 0 Å². The van der Waals surface area contributed by atoms with E-state index in [0.717, 1.165) is 54.6 Å². The molecule has 1 saturated heterocycles. The predicted octanol–water partition coefficient (Wildman–Crippen LogP) is 4.07. The first-order valence-corrected chi connectivity index (χ1v) is 10.2. The van der Waals surface area contributed by atoms with Crippen molar-refractivity contribution in [3.05, 3.63) is 85.1 Å². The Morgan fingerprint density at radius 1 is 0.677 bits per heavy atom. The summed E-state index contributed by atoms with van der Waals surface area (Å²) in [4.78, 5) is 22.7. The molecule has 4 heterocycles. The van der Waals surface area contributed by atoms with Crippen LogP contribution in [0.15, 0.2) is 79.3 Å². The third-order valence-electron chi connectivity index (χ3n) is 5.37. The Balaban J connectivity index is 1.46. The maximum Gasteiger partial charge on any atom is 0.162 e. The number of piperazine rings is 1. The Labute approximate surface area is 180 Å². The number of nitrogens with zero attached hydrogens (tertiary/aromatic N) is 6. The fraction of sp³-hybridized carbons (Fsp3) is 0.167. The number of rotatable bonds is 4. The second kappa shape index (κ2) is 8.47. The zero-order chi connectivity index (χ0) is 21.0. The van der Waals surface area contributed by atoms with E-state index in [1.807, 2.05) is 42.6 Å². The van der Waals surface area contributed by atoms with Crippen molar-refractivity contribution in [1.29, 1.82) is 0 Å². The summed E-state index contributed by atoms with van der Waals surface area (Å²) < 4.78 is 13.4. The molecule has 1 fully saturated rings. The number of pyridine rings is 2. The van der Waals surface area contributed by atoms with E-state index in [1.165, 1.54) is 12.1 Å². The molecule has 1 aliphatic heterocycles. The highest BCUT2D eigenvalue weighted by Crippen LogP contribution is 2.27. The SMILES string of the molecule is Fc1ccc(-c2cc(N3CCN(c4ccccn4)CC3)nc(-c3ccncc3)n2)cc1. The van der Waals surface area contributed by atoms with Gasteiger partial charge in [0.1, 0.15) is 17.5 Å². The number of hydrogen-bond acceptors (Lipinski definition) is 6. The van der Waals surface area contributed by atoms with Crippen molar-refractivity contribution < 1.29 is 4.39 Å². The van der Waals surface area contributed by atoms with Gasteiger partial charge in [-0.1, -0.05) is 6.07 Å². The third-order valence-corrected chi connectivity index (χ3v) is 5.37. The molecule has 31 heavy (non-hydrogen) atoms. The number of halogens is 1. The molecular weight excluding hydrogens is 391 g/mol. The second-order valence-corrected chi connectivity index (χ2v) is 7.34. The number of hydrogen-bond donors (Lipinski definition) is 0. The molecule has 0 atom stereocenters. The van der Waals surface area contributed by atoms with E-state index in [-0.39, 0.29) is 5.82 Å². The lowest BCUT2D eigenvalue weighted by Crippen LogP contribution is -2.47. The van der Waals surface area contributed by atoms with Crippen LogP contribution in [-0.4, -0.2) is 46.1 Å². The average molecular weight is 412 g/mol. The van der Waals surface area contributed by atoms with E-state index in [9.17, 15) is 4.39 Å². The van der Waals surface area contributed by atoms with Crippen LogP contribution >= 0.6 is 0 Å². The molecule has 0 spiro atoms. The first kappa shape index (κ1) is 19.1. The highest BCUT2D eigenvalue weighted by Gasteiger charge is 2.21. The summed E-state index contributed by atoms with van der Waals surface area (Å²) >= 11 is 0. The highest BCUT2D eigenvalue weighted by molar-refractivity contribution is 5.68.